The van der Waals surface area contributed by atoms with Crippen LogP contribution in [0.4, 0.5) is 0 Å². The molecule has 0 aliphatic heterocycles. The molecular weight excluding hydrogens is 254 g/mol. The van der Waals surface area contributed by atoms with Crippen molar-refractivity contribution in [3.63, 3.8) is 0 Å². The third-order valence-electron chi connectivity index (χ3n) is 1.90. The zero-order valence-electron chi connectivity index (χ0n) is 9.27. The monoisotopic (exact) mass is 265 g/mol. The normalized spacial score (nSPS) is 10.0. The van der Waals surface area contributed by atoms with Crippen molar-refractivity contribution in [1.29, 1.82) is 0 Å². The number of aryl methyl sites for hydroxylation is 1. The smallest absolute Gasteiger partial charge is 0.256 e. The van der Waals surface area contributed by atoms with Crippen LogP contribution in [0.3, 0.4) is 0 Å². The molecule has 0 saturated heterocycles. The van der Waals surface area contributed by atoms with Crippen LogP contribution in [0.2, 0.25) is 0 Å². The third kappa shape index (κ3) is 3.63. The Morgan fingerprint density at radius 3 is 3.18 bits per heavy atom. The van der Waals surface area contributed by atoms with Crippen LogP contribution < -0.4 is 0 Å². The number of aliphatic hydroxyl groups is 1. The van der Waals surface area contributed by atoms with Crippen molar-refractivity contribution in [2.45, 2.75) is 17.9 Å². The van der Waals surface area contributed by atoms with Crippen molar-refractivity contribution in [3.8, 4) is 11.8 Å². The molecule has 0 saturated carbocycles. The number of thiophene rings is 1. The molecule has 2 aromatic heterocycles. The molecule has 0 spiro atoms. The summed E-state index contributed by atoms with van der Waals surface area (Å²) in [7, 11) is 0. The van der Waals surface area contributed by atoms with E-state index in [1.807, 2.05) is 18.4 Å². The fraction of sp³-hybridized carbons (Fsp3) is 0.250. The van der Waals surface area contributed by atoms with Crippen molar-refractivity contribution >= 4 is 23.1 Å². The van der Waals surface area contributed by atoms with Crippen molar-refractivity contribution in [2.75, 3.05) is 6.61 Å². The maximum Gasteiger partial charge on any atom is 0.256 e. The Morgan fingerprint density at radius 2 is 2.47 bits per heavy atom. The van der Waals surface area contributed by atoms with E-state index in [9.17, 15) is 0 Å². The van der Waals surface area contributed by atoms with Gasteiger partial charge >= 0.3 is 0 Å². The van der Waals surface area contributed by atoms with Gasteiger partial charge in [0.05, 0.1) is 5.69 Å². The molecular formula is C12H11NO2S2. The average Bonchev–Trinajstić information content (AvgIpc) is 2.93. The molecule has 88 valence electrons. The first-order valence-corrected chi connectivity index (χ1v) is 6.86. The van der Waals surface area contributed by atoms with Gasteiger partial charge in [-0.3, -0.25) is 0 Å². The summed E-state index contributed by atoms with van der Waals surface area (Å²) in [5.41, 5.74) is 1.84. The van der Waals surface area contributed by atoms with Crippen LogP contribution in [0.5, 0.6) is 0 Å². The Bertz CT molecular complexity index is 548. The third-order valence-corrected chi connectivity index (χ3v) is 3.91. The molecule has 0 aliphatic rings. The lowest BCUT2D eigenvalue weighted by Crippen LogP contribution is -1.76. The zero-order chi connectivity index (χ0) is 12.1. The van der Waals surface area contributed by atoms with Gasteiger partial charge in [-0.15, -0.1) is 11.3 Å². The fourth-order valence-electron chi connectivity index (χ4n) is 1.20. The van der Waals surface area contributed by atoms with Gasteiger partial charge in [0.15, 0.2) is 0 Å². The Labute approximate surface area is 108 Å². The van der Waals surface area contributed by atoms with E-state index in [1.54, 1.807) is 29.4 Å². The van der Waals surface area contributed by atoms with Gasteiger partial charge in [0, 0.05) is 21.6 Å². The minimum Gasteiger partial charge on any atom is -0.440 e. The van der Waals surface area contributed by atoms with Crippen LogP contribution in [0, 0.1) is 18.8 Å². The summed E-state index contributed by atoms with van der Waals surface area (Å²) in [5, 5.41) is 11.3. The van der Waals surface area contributed by atoms with E-state index < -0.39 is 0 Å². The summed E-state index contributed by atoms with van der Waals surface area (Å²) < 4.78 is 5.25. The summed E-state index contributed by atoms with van der Waals surface area (Å²) in [6.07, 6.45) is 1.65. The highest BCUT2D eigenvalue weighted by Crippen LogP contribution is 2.25. The Morgan fingerprint density at radius 1 is 1.59 bits per heavy atom. The van der Waals surface area contributed by atoms with Crippen LogP contribution in [-0.4, -0.2) is 16.7 Å². The number of hydrogen-bond donors (Lipinski definition) is 1. The van der Waals surface area contributed by atoms with Crippen LogP contribution in [0.15, 0.2) is 27.3 Å². The van der Waals surface area contributed by atoms with Crippen molar-refractivity contribution in [1.82, 2.24) is 4.98 Å². The fourth-order valence-corrected chi connectivity index (χ4v) is 2.92. The van der Waals surface area contributed by atoms with Crippen LogP contribution in [0.25, 0.3) is 0 Å². The van der Waals surface area contributed by atoms with Crippen LogP contribution in [0.1, 0.15) is 16.1 Å². The van der Waals surface area contributed by atoms with E-state index >= 15 is 0 Å². The molecule has 0 atom stereocenters. The second-order valence-corrected chi connectivity index (χ2v) is 5.23. The SMILES string of the molecule is Cc1coc(SCc2cc(C#CCO)cs2)n1. The van der Waals surface area contributed by atoms with E-state index in [2.05, 4.69) is 16.8 Å². The minimum atomic E-state index is -0.102. The molecule has 0 fully saturated rings. The van der Waals surface area contributed by atoms with Gasteiger partial charge in [-0.05, 0) is 13.0 Å². The highest BCUT2D eigenvalue weighted by molar-refractivity contribution is 7.98. The van der Waals surface area contributed by atoms with Gasteiger partial charge < -0.3 is 9.52 Å². The molecule has 0 bridgehead atoms. The number of aromatic nitrogens is 1. The van der Waals surface area contributed by atoms with Crippen LogP contribution >= 0.6 is 23.1 Å². The molecule has 5 heteroatoms. The van der Waals surface area contributed by atoms with Gasteiger partial charge in [0.2, 0.25) is 0 Å². The number of nitrogens with zero attached hydrogens (tertiary/aromatic N) is 1. The quantitative estimate of drug-likeness (QED) is 0.684. The molecule has 1 N–H and O–H groups in total. The standard InChI is InChI=1S/C12H11NO2S2/c1-9-6-15-12(13-9)17-8-11-5-10(7-16-11)3-2-4-14/h5-7,14H,4,8H2,1H3. The summed E-state index contributed by atoms with van der Waals surface area (Å²) in [5.74, 6) is 6.33. The Balaban J connectivity index is 1.93. The molecule has 2 rings (SSSR count). The highest BCUT2D eigenvalue weighted by atomic mass is 32.2. The summed E-state index contributed by atoms with van der Waals surface area (Å²) >= 11 is 3.22. The first-order chi connectivity index (χ1) is 8.28. The molecule has 0 aromatic carbocycles. The number of oxazole rings is 1. The maximum atomic E-state index is 8.59. The second kappa shape index (κ2) is 5.92. The molecule has 2 heterocycles. The van der Waals surface area contributed by atoms with Gasteiger partial charge in [0.1, 0.15) is 12.9 Å². The van der Waals surface area contributed by atoms with E-state index in [1.165, 1.54) is 4.88 Å². The zero-order valence-corrected chi connectivity index (χ0v) is 10.9. The van der Waals surface area contributed by atoms with Gasteiger partial charge in [-0.25, -0.2) is 4.98 Å². The second-order valence-electron chi connectivity index (χ2n) is 3.31. The average molecular weight is 265 g/mol. The van der Waals surface area contributed by atoms with Crippen molar-refractivity contribution < 1.29 is 9.52 Å². The summed E-state index contributed by atoms with van der Waals surface area (Å²) in [6, 6.07) is 2.02. The van der Waals surface area contributed by atoms with Gasteiger partial charge in [-0.1, -0.05) is 23.6 Å². The lowest BCUT2D eigenvalue weighted by atomic mass is 10.3. The largest absolute Gasteiger partial charge is 0.440 e. The lowest BCUT2D eigenvalue weighted by molar-refractivity contribution is 0.350. The molecule has 17 heavy (non-hydrogen) atoms. The predicted molar refractivity (Wildman–Crippen MR) is 69.1 cm³/mol. The van der Waals surface area contributed by atoms with Crippen LogP contribution in [-0.2, 0) is 5.75 Å². The minimum absolute atomic E-state index is 0.102. The highest BCUT2D eigenvalue weighted by Gasteiger charge is 2.04. The first kappa shape index (κ1) is 12.2. The lowest BCUT2D eigenvalue weighted by Gasteiger charge is -1.91. The predicted octanol–water partition coefficient (Wildman–Crippen LogP) is 2.68. The molecule has 0 aliphatic carbocycles. The van der Waals surface area contributed by atoms with E-state index in [0.717, 1.165) is 17.0 Å². The topological polar surface area (TPSA) is 46.3 Å². The van der Waals surface area contributed by atoms with Crippen molar-refractivity contribution in [3.05, 3.63) is 33.8 Å². The number of aliphatic hydroxyl groups excluding tert-OH is 1. The molecule has 0 radical (unpaired) electrons. The number of rotatable bonds is 3. The van der Waals surface area contributed by atoms with E-state index in [-0.39, 0.29) is 6.61 Å². The molecule has 2 aromatic rings. The van der Waals surface area contributed by atoms with Crippen molar-refractivity contribution in [2.24, 2.45) is 0 Å². The molecule has 3 nitrogen and oxygen atoms in total. The maximum absolute atomic E-state index is 8.59. The summed E-state index contributed by atoms with van der Waals surface area (Å²) in [4.78, 5) is 5.44. The van der Waals surface area contributed by atoms with E-state index in [4.69, 9.17) is 9.52 Å². The first-order valence-electron chi connectivity index (χ1n) is 5.00. The summed E-state index contributed by atoms with van der Waals surface area (Å²) in [6.45, 7) is 1.80. The van der Waals surface area contributed by atoms with Gasteiger partial charge in [0.25, 0.3) is 5.22 Å². The molecule has 0 amide bonds. The Kier molecular flexibility index (Phi) is 4.26. The molecule has 0 unspecified atom stereocenters. The van der Waals surface area contributed by atoms with Gasteiger partial charge in [-0.2, -0.15) is 0 Å². The van der Waals surface area contributed by atoms with E-state index in [0.29, 0.717) is 5.22 Å². The number of thioether (sulfide) groups is 1. The number of hydrogen-bond acceptors (Lipinski definition) is 5. The Hall–Kier alpha value is -1.22.